The molecule has 1 aromatic rings. The SMILES string of the molecule is C[C@@H](NC1CCN(C)C1=O)c1cccs1. The van der Waals surface area contributed by atoms with E-state index >= 15 is 0 Å². The molecule has 0 aromatic carbocycles. The molecule has 2 rings (SSSR count). The third-order valence-corrected chi connectivity index (χ3v) is 3.90. The first-order chi connectivity index (χ1) is 7.18. The van der Waals surface area contributed by atoms with Gasteiger partial charge in [-0.2, -0.15) is 0 Å². The number of carbonyl (C=O) groups excluding carboxylic acids is 1. The topological polar surface area (TPSA) is 32.3 Å². The van der Waals surface area contributed by atoms with Crippen LogP contribution in [0.1, 0.15) is 24.3 Å². The summed E-state index contributed by atoms with van der Waals surface area (Å²) < 4.78 is 0. The van der Waals surface area contributed by atoms with Crippen LogP contribution in [0, 0.1) is 0 Å². The smallest absolute Gasteiger partial charge is 0.239 e. The fourth-order valence-corrected chi connectivity index (χ4v) is 2.64. The van der Waals surface area contributed by atoms with Crippen molar-refractivity contribution in [1.82, 2.24) is 10.2 Å². The van der Waals surface area contributed by atoms with Gasteiger partial charge in [-0.3, -0.25) is 10.1 Å². The summed E-state index contributed by atoms with van der Waals surface area (Å²) in [6.07, 6.45) is 0.922. The van der Waals surface area contributed by atoms with Gasteiger partial charge in [-0.1, -0.05) is 6.07 Å². The molecular formula is C11H16N2OS. The molecule has 1 aliphatic rings. The first-order valence-electron chi connectivity index (χ1n) is 5.23. The molecule has 3 nitrogen and oxygen atoms in total. The highest BCUT2D eigenvalue weighted by atomic mass is 32.1. The lowest BCUT2D eigenvalue weighted by Gasteiger charge is -2.17. The van der Waals surface area contributed by atoms with E-state index in [1.54, 1.807) is 16.2 Å². The highest BCUT2D eigenvalue weighted by molar-refractivity contribution is 7.10. The number of likely N-dealkylation sites (N-methyl/N-ethyl adjacent to an activating group) is 1. The van der Waals surface area contributed by atoms with Crippen LogP contribution in [0.4, 0.5) is 0 Å². The first kappa shape index (κ1) is 10.6. The maximum Gasteiger partial charge on any atom is 0.239 e. The number of carbonyl (C=O) groups is 1. The lowest BCUT2D eigenvalue weighted by molar-refractivity contribution is -0.128. The molecule has 0 aliphatic carbocycles. The zero-order chi connectivity index (χ0) is 10.8. The monoisotopic (exact) mass is 224 g/mol. The van der Waals surface area contributed by atoms with E-state index in [4.69, 9.17) is 0 Å². The largest absolute Gasteiger partial charge is 0.344 e. The summed E-state index contributed by atoms with van der Waals surface area (Å²) in [6, 6.07) is 4.42. The molecule has 1 aliphatic heterocycles. The molecule has 0 bridgehead atoms. The minimum absolute atomic E-state index is 0.00657. The Morgan fingerprint density at radius 2 is 2.47 bits per heavy atom. The Morgan fingerprint density at radius 3 is 3.00 bits per heavy atom. The van der Waals surface area contributed by atoms with E-state index < -0.39 is 0 Å². The van der Waals surface area contributed by atoms with Crippen LogP contribution in [-0.4, -0.2) is 30.4 Å². The summed E-state index contributed by atoms with van der Waals surface area (Å²) in [7, 11) is 1.86. The zero-order valence-corrected chi connectivity index (χ0v) is 9.88. The Labute approximate surface area is 94.1 Å². The number of rotatable bonds is 3. The van der Waals surface area contributed by atoms with E-state index in [-0.39, 0.29) is 18.0 Å². The van der Waals surface area contributed by atoms with Crippen molar-refractivity contribution in [3.63, 3.8) is 0 Å². The number of hydrogen-bond donors (Lipinski definition) is 1. The number of nitrogens with zero attached hydrogens (tertiary/aromatic N) is 1. The van der Waals surface area contributed by atoms with Gasteiger partial charge < -0.3 is 4.90 Å². The van der Waals surface area contributed by atoms with E-state index in [2.05, 4.69) is 23.7 Å². The molecule has 4 heteroatoms. The zero-order valence-electron chi connectivity index (χ0n) is 9.06. The first-order valence-corrected chi connectivity index (χ1v) is 6.11. The van der Waals surface area contributed by atoms with Crippen molar-refractivity contribution in [2.24, 2.45) is 0 Å². The van der Waals surface area contributed by atoms with Crippen molar-refractivity contribution < 1.29 is 4.79 Å². The summed E-state index contributed by atoms with van der Waals surface area (Å²) in [5, 5.41) is 5.45. The van der Waals surface area contributed by atoms with E-state index in [1.165, 1.54) is 4.88 Å². The van der Waals surface area contributed by atoms with Gasteiger partial charge in [0, 0.05) is 24.5 Å². The normalized spacial score (nSPS) is 23.5. The molecule has 0 radical (unpaired) electrons. The number of hydrogen-bond acceptors (Lipinski definition) is 3. The van der Waals surface area contributed by atoms with Crippen LogP contribution in [0.15, 0.2) is 17.5 Å². The minimum Gasteiger partial charge on any atom is -0.344 e. The van der Waals surface area contributed by atoms with Crippen molar-refractivity contribution in [1.29, 1.82) is 0 Å². The third-order valence-electron chi connectivity index (χ3n) is 2.85. The lowest BCUT2D eigenvalue weighted by atomic mass is 10.2. The molecule has 0 saturated carbocycles. The predicted octanol–water partition coefficient (Wildman–Crippen LogP) is 1.63. The average Bonchev–Trinajstić information content (AvgIpc) is 2.83. The van der Waals surface area contributed by atoms with Crippen molar-refractivity contribution in [2.75, 3.05) is 13.6 Å². The second-order valence-corrected chi connectivity index (χ2v) is 4.98. The van der Waals surface area contributed by atoms with Crippen molar-refractivity contribution in [2.45, 2.75) is 25.4 Å². The molecule has 2 atom stereocenters. The second-order valence-electron chi connectivity index (χ2n) is 4.00. The van der Waals surface area contributed by atoms with Crippen molar-refractivity contribution in [3.8, 4) is 0 Å². The molecule has 1 fully saturated rings. The van der Waals surface area contributed by atoms with Crippen molar-refractivity contribution >= 4 is 17.2 Å². The molecule has 0 spiro atoms. The second kappa shape index (κ2) is 4.33. The Hall–Kier alpha value is -0.870. The van der Waals surface area contributed by atoms with Gasteiger partial charge in [0.25, 0.3) is 0 Å². The number of nitrogens with one attached hydrogen (secondary N) is 1. The highest BCUT2D eigenvalue weighted by Crippen LogP contribution is 2.20. The highest BCUT2D eigenvalue weighted by Gasteiger charge is 2.29. The van der Waals surface area contributed by atoms with Crippen LogP contribution in [0.2, 0.25) is 0 Å². The standard InChI is InChI=1S/C11H16N2OS/c1-8(10-4-3-7-15-10)12-9-5-6-13(2)11(9)14/h3-4,7-9,12H,5-6H2,1-2H3/t8-,9?/m1/s1. The maximum atomic E-state index is 11.7. The predicted molar refractivity (Wildman–Crippen MR) is 61.9 cm³/mol. The third kappa shape index (κ3) is 2.21. The van der Waals surface area contributed by atoms with Gasteiger partial charge in [-0.05, 0) is 24.8 Å². The minimum atomic E-state index is 0.00657. The van der Waals surface area contributed by atoms with Gasteiger partial charge in [-0.25, -0.2) is 0 Å². The van der Waals surface area contributed by atoms with Crippen LogP contribution in [0.3, 0.4) is 0 Å². The van der Waals surface area contributed by atoms with E-state index in [9.17, 15) is 4.79 Å². The molecule has 82 valence electrons. The van der Waals surface area contributed by atoms with Crippen LogP contribution in [-0.2, 0) is 4.79 Å². The quantitative estimate of drug-likeness (QED) is 0.846. The summed E-state index contributed by atoms with van der Waals surface area (Å²) in [6.45, 7) is 2.98. The maximum absolute atomic E-state index is 11.7. The number of thiophene rings is 1. The fourth-order valence-electron chi connectivity index (χ4n) is 1.90. The molecule has 1 saturated heterocycles. The van der Waals surface area contributed by atoms with Gasteiger partial charge >= 0.3 is 0 Å². The molecule has 2 heterocycles. The molecule has 1 N–H and O–H groups in total. The van der Waals surface area contributed by atoms with Gasteiger partial charge in [0.15, 0.2) is 0 Å². The van der Waals surface area contributed by atoms with Crippen molar-refractivity contribution in [3.05, 3.63) is 22.4 Å². The Balaban J connectivity index is 1.95. The van der Waals surface area contributed by atoms with Crippen LogP contribution >= 0.6 is 11.3 Å². The number of amides is 1. The summed E-state index contributed by atoms with van der Waals surface area (Å²) in [5.41, 5.74) is 0. The molecule has 1 unspecified atom stereocenters. The Morgan fingerprint density at radius 1 is 1.67 bits per heavy atom. The Bertz CT molecular complexity index is 336. The van der Waals surface area contributed by atoms with Crippen LogP contribution < -0.4 is 5.32 Å². The van der Waals surface area contributed by atoms with E-state index in [1.807, 2.05) is 13.1 Å². The Kier molecular flexibility index (Phi) is 3.07. The van der Waals surface area contributed by atoms with Gasteiger partial charge in [0.1, 0.15) is 0 Å². The summed E-state index contributed by atoms with van der Waals surface area (Å²) in [5.74, 6) is 0.221. The van der Waals surface area contributed by atoms with Gasteiger partial charge in [-0.15, -0.1) is 11.3 Å². The van der Waals surface area contributed by atoms with Crippen LogP contribution in [0.5, 0.6) is 0 Å². The van der Waals surface area contributed by atoms with Gasteiger partial charge in [0.2, 0.25) is 5.91 Å². The summed E-state index contributed by atoms with van der Waals surface area (Å²) in [4.78, 5) is 14.8. The van der Waals surface area contributed by atoms with Gasteiger partial charge in [0.05, 0.1) is 6.04 Å². The molecule has 1 amide bonds. The van der Waals surface area contributed by atoms with E-state index in [0.717, 1.165) is 13.0 Å². The molecule has 15 heavy (non-hydrogen) atoms. The average molecular weight is 224 g/mol. The number of likely N-dealkylation sites (tertiary alicyclic amines) is 1. The molecular weight excluding hydrogens is 208 g/mol. The summed E-state index contributed by atoms with van der Waals surface area (Å²) >= 11 is 1.73. The lowest BCUT2D eigenvalue weighted by Crippen LogP contribution is -2.38. The fraction of sp³-hybridized carbons (Fsp3) is 0.545. The van der Waals surface area contributed by atoms with Crippen LogP contribution in [0.25, 0.3) is 0 Å². The van der Waals surface area contributed by atoms with E-state index in [0.29, 0.717) is 0 Å². The molecule has 1 aromatic heterocycles.